The van der Waals surface area contributed by atoms with Crippen LogP contribution in [0.2, 0.25) is 0 Å². The lowest BCUT2D eigenvalue weighted by molar-refractivity contribution is -0.167. The summed E-state index contributed by atoms with van der Waals surface area (Å²) in [6.07, 6.45) is 95.2. The normalized spacial score (nSPS) is 12.9. The van der Waals surface area contributed by atoms with Crippen molar-refractivity contribution in [1.29, 1.82) is 0 Å². The van der Waals surface area contributed by atoms with Crippen LogP contribution >= 0.6 is 0 Å². The fourth-order valence-electron chi connectivity index (χ4n) is 9.45. The van der Waals surface area contributed by atoms with Gasteiger partial charge in [0.25, 0.3) is 0 Å². The molecule has 0 spiro atoms. The van der Waals surface area contributed by atoms with Crippen molar-refractivity contribution in [3.63, 3.8) is 0 Å². The smallest absolute Gasteiger partial charge is 0.306 e. The standard InChI is InChI=1S/C75H126O6/c1-4-7-10-13-16-19-22-25-28-30-32-34-36-37-39-40-42-44-47-50-53-56-59-62-65-68-74(77)80-71-72(70-79-73(76)67-64-61-58-55-52-49-46-27-24-21-18-15-12-9-6-3)81-75(78)69-66-63-60-57-54-51-48-45-43-41-38-35-33-31-29-26-23-20-17-14-11-8-5-2/h8-9,11-12,17-18,20-21,26-27,29,33,35,41,43,46,48,51,57,60,72H,4-7,10,13-16,19,22-25,28,30-32,34,36-40,42,44-45,47,49-50,52-56,58-59,61-71H2,1-3H3/b11-8-,12-9-,20-17-,21-18-,29-26-,35-33-,43-41-,46-27-,51-48-,60-57-. The van der Waals surface area contributed by atoms with Gasteiger partial charge in [0, 0.05) is 19.3 Å². The zero-order valence-electron chi connectivity index (χ0n) is 53.0. The van der Waals surface area contributed by atoms with Gasteiger partial charge in [0.15, 0.2) is 6.10 Å². The Hall–Kier alpha value is -4.19. The van der Waals surface area contributed by atoms with Crippen LogP contribution in [0.4, 0.5) is 0 Å². The molecular weight excluding hydrogens is 997 g/mol. The molecule has 0 N–H and O–H groups in total. The summed E-state index contributed by atoms with van der Waals surface area (Å²) in [5.41, 5.74) is 0. The molecule has 0 heterocycles. The van der Waals surface area contributed by atoms with E-state index in [0.29, 0.717) is 19.3 Å². The molecule has 0 aliphatic carbocycles. The molecule has 0 amide bonds. The maximum absolute atomic E-state index is 12.9. The highest BCUT2D eigenvalue weighted by molar-refractivity contribution is 5.71. The average molecular weight is 1120 g/mol. The van der Waals surface area contributed by atoms with Crippen LogP contribution in [0, 0.1) is 0 Å². The number of carbonyl (C=O) groups is 3. The van der Waals surface area contributed by atoms with E-state index >= 15 is 0 Å². The number of unbranched alkanes of at least 4 members (excludes halogenated alkanes) is 30. The minimum Gasteiger partial charge on any atom is -0.462 e. The number of ether oxygens (including phenoxy) is 3. The monoisotopic (exact) mass is 1120 g/mol. The Morgan fingerprint density at radius 3 is 0.790 bits per heavy atom. The molecule has 1 atom stereocenters. The van der Waals surface area contributed by atoms with Gasteiger partial charge in [-0.1, -0.05) is 316 Å². The molecule has 6 heteroatoms. The molecule has 0 saturated carbocycles. The molecule has 0 bridgehead atoms. The molecule has 81 heavy (non-hydrogen) atoms. The maximum atomic E-state index is 12.9. The third-order valence-corrected chi connectivity index (χ3v) is 14.5. The van der Waals surface area contributed by atoms with Crippen LogP contribution in [-0.2, 0) is 28.6 Å². The third kappa shape index (κ3) is 66.5. The summed E-state index contributed by atoms with van der Waals surface area (Å²) in [4.78, 5) is 38.4. The van der Waals surface area contributed by atoms with E-state index in [4.69, 9.17) is 14.2 Å². The largest absolute Gasteiger partial charge is 0.462 e. The summed E-state index contributed by atoms with van der Waals surface area (Å²) in [6, 6.07) is 0. The van der Waals surface area contributed by atoms with Gasteiger partial charge in [0.2, 0.25) is 0 Å². The highest BCUT2D eigenvalue weighted by Gasteiger charge is 2.19. The lowest BCUT2D eigenvalue weighted by Gasteiger charge is -2.18. The average Bonchev–Trinajstić information content (AvgIpc) is 3.47. The number of hydrogen-bond donors (Lipinski definition) is 0. The predicted molar refractivity (Wildman–Crippen MR) is 353 cm³/mol. The van der Waals surface area contributed by atoms with Gasteiger partial charge >= 0.3 is 17.9 Å². The Bertz CT molecular complexity index is 1670. The van der Waals surface area contributed by atoms with E-state index < -0.39 is 6.10 Å². The minimum atomic E-state index is -0.820. The van der Waals surface area contributed by atoms with Crippen molar-refractivity contribution in [2.75, 3.05) is 13.2 Å². The number of esters is 3. The van der Waals surface area contributed by atoms with Gasteiger partial charge in [0.1, 0.15) is 13.2 Å². The van der Waals surface area contributed by atoms with E-state index in [1.165, 1.54) is 141 Å². The second-order valence-corrected chi connectivity index (χ2v) is 22.3. The van der Waals surface area contributed by atoms with E-state index in [-0.39, 0.29) is 37.5 Å². The first-order chi connectivity index (χ1) is 40.0. The molecule has 0 saturated heterocycles. The first-order valence-corrected chi connectivity index (χ1v) is 34.0. The van der Waals surface area contributed by atoms with E-state index in [2.05, 4.69) is 142 Å². The Labute approximate surface area is 501 Å². The van der Waals surface area contributed by atoms with Gasteiger partial charge in [-0.15, -0.1) is 0 Å². The van der Waals surface area contributed by atoms with Crippen LogP contribution in [-0.4, -0.2) is 37.2 Å². The zero-order chi connectivity index (χ0) is 58.5. The van der Waals surface area contributed by atoms with E-state index in [9.17, 15) is 14.4 Å². The Balaban J connectivity index is 4.42. The first kappa shape index (κ1) is 76.8. The van der Waals surface area contributed by atoms with Crippen molar-refractivity contribution in [3.05, 3.63) is 122 Å². The highest BCUT2D eigenvalue weighted by Crippen LogP contribution is 2.17. The van der Waals surface area contributed by atoms with Crippen molar-refractivity contribution in [3.8, 4) is 0 Å². The summed E-state index contributed by atoms with van der Waals surface area (Å²) < 4.78 is 16.9. The molecule has 1 unspecified atom stereocenters. The van der Waals surface area contributed by atoms with E-state index in [1.807, 2.05) is 0 Å². The minimum absolute atomic E-state index is 0.107. The van der Waals surface area contributed by atoms with Gasteiger partial charge in [-0.2, -0.15) is 0 Å². The van der Waals surface area contributed by atoms with Crippen molar-refractivity contribution >= 4 is 17.9 Å². The second-order valence-electron chi connectivity index (χ2n) is 22.3. The van der Waals surface area contributed by atoms with Gasteiger partial charge < -0.3 is 14.2 Å². The fraction of sp³-hybridized carbons (Fsp3) is 0.693. The topological polar surface area (TPSA) is 78.9 Å². The van der Waals surface area contributed by atoms with Gasteiger partial charge in [0.05, 0.1) is 0 Å². The van der Waals surface area contributed by atoms with Crippen molar-refractivity contribution in [1.82, 2.24) is 0 Å². The molecule has 0 aliphatic rings. The fourth-order valence-corrected chi connectivity index (χ4v) is 9.45. The summed E-state index contributed by atoms with van der Waals surface area (Å²) >= 11 is 0. The van der Waals surface area contributed by atoms with Crippen LogP contribution in [0.25, 0.3) is 0 Å². The quantitative estimate of drug-likeness (QED) is 0.0261. The molecular formula is C75H126O6. The molecule has 0 fully saturated rings. The molecule has 462 valence electrons. The summed E-state index contributed by atoms with van der Waals surface area (Å²) in [5.74, 6) is -0.976. The predicted octanol–water partition coefficient (Wildman–Crippen LogP) is 23.6. The molecule has 0 aromatic heterocycles. The Morgan fingerprint density at radius 2 is 0.494 bits per heavy atom. The highest BCUT2D eigenvalue weighted by atomic mass is 16.6. The Morgan fingerprint density at radius 1 is 0.259 bits per heavy atom. The van der Waals surface area contributed by atoms with Crippen molar-refractivity contribution in [2.45, 2.75) is 322 Å². The van der Waals surface area contributed by atoms with Crippen molar-refractivity contribution < 1.29 is 28.6 Å². The van der Waals surface area contributed by atoms with Crippen LogP contribution in [0.3, 0.4) is 0 Å². The number of hydrogen-bond acceptors (Lipinski definition) is 6. The van der Waals surface area contributed by atoms with Gasteiger partial charge in [-0.05, 0) is 103 Å². The van der Waals surface area contributed by atoms with Gasteiger partial charge in [-0.3, -0.25) is 14.4 Å². The van der Waals surface area contributed by atoms with Crippen LogP contribution in [0.5, 0.6) is 0 Å². The molecule has 0 rings (SSSR count). The number of rotatable bonds is 61. The van der Waals surface area contributed by atoms with E-state index in [0.717, 1.165) is 128 Å². The molecule has 6 nitrogen and oxygen atoms in total. The van der Waals surface area contributed by atoms with E-state index in [1.54, 1.807) is 0 Å². The lowest BCUT2D eigenvalue weighted by atomic mass is 10.0. The van der Waals surface area contributed by atoms with Crippen LogP contribution in [0.1, 0.15) is 316 Å². The first-order valence-electron chi connectivity index (χ1n) is 34.0. The summed E-state index contributed by atoms with van der Waals surface area (Å²) in [6.45, 7) is 6.39. The summed E-state index contributed by atoms with van der Waals surface area (Å²) in [5, 5.41) is 0. The van der Waals surface area contributed by atoms with Crippen molar-refractivity contribution in [2.24, 2.45) is 0 Å². The maximum Gasteiger partial charge on any atom is 0.306 e. The number of allylic oxidation sites excluding steroid dienone is 20. The lowest BCUT2D eigenvalue weighted by Crippen LogP contribution is -2.30. The zero-order valence-corrected chi connectivity index (χ0v) is 53.0. The Kier molecular flexibility index (Phi) is 64.8. The molecule has 0 aliphatic heterocycles. The molecule has 0 radical (unpaired) electrons. The third-order valence-electron chi connectivity index (χ3n) is 14.5. The van der Waals surface area contributed by atoms with Gasteiger partial charge in [-0.25, -0.2) is 0 Å². The molecule has 0 aromatic rings. The van der Waals surface area contributed by atoms with Crippen LogP contribution < -0.4 is 0 Å². The van der Waals surface area contributed by atoms with Crippen LogP contribution in [0.15, 0.2) is 122 Å². The molecule has 0 aromatic carbocycles. The SMILES string of the molecule is CC/C=C\C/C=C\C/C=C\C/C=C\C/C=C\C/C=C\C/C=C\CCCC(=O)OC(COC(=O)CCCCCCC/C=C\C/C=C\C/C=C\CC)COC(=O)CCCCCCCCCCCCCCCCCCCCCCCCCCC. The summed E-state index contributed by atoms with van der Waals surface area (Å²) in [7, 11) is 0. The number of carbonyl (C=O) groups excluding carboxylic acids is 3. The second kappa shape index (κ2) is 68.3.